The molecule has 0 bridgehead atoms. The number of hydrogen-bond acceptors (Lipinski definition) is 5. The quantitative estimate of drug-likeness (QED) is 0.643. The van der Waals surface area contributed by atoms with Crippen LogP contribution in [-0.2, 0) is 10.0 Å². The minimum absolute atomic E-state index is 0.0277. The summed E-state index contributed by atoms with van der Waals surface area (Å²) in [7, 11) is -4.03. The molecule has 6 nitrogen and oxygen atoms in total. The number of halogens is 1. The Bertz CT molecular complexity index is 1210. The number of para-hydroxylation sites is 1. The summed E-state index contributed by atoms with van der Waals surface area (Å²) in [6, 6.07) is 11.8. The van der Waals surface area contributed by atoms with E-state index in [4.69, 9.17) is 16.0 Å². The first-order valence-corrected chi connectivity index (χ1v) is 10.8. The largest absolute Gasteiger partial charge is 0.421 e. The van der Waals surface area contributed by atoms with Crippen LogP contribution in [-0.4, -0.2) is 21.5 Å². The second-order valence-electron chi connectivity index (χ2n) is 6.77. The van der Waals surface area contributed by atoms with Crippen LogP contribution in [0, 0.1) is 6.92 Å². The summed E-state index contributed by atoms with van der Waals surface area (Å²) in [5, 5.41) is 1.04. The molecule has 0 radical (unpaired) electrons. The smallest absolute Gasteiger partial charge is 0.363 e. The molecule has 1 aliphatic heterocycles. The van der Waals surface area contributed by atoms with E-state index >= 15 is 0 Å². The summed E-state index contributed by atoms with van der Waals surface area (Å²) in [5.74, 6) is 0. The first kappa shape index (κ1) is 18.8. The molecule has 1 fully saturated rings. The Morgan fingerprint density at radius 2 is 1.79 bits per heavy atom. The fourth-order valence-corrected chi connectivity index (χ4v) is 5.12. The van der Waals surface area contributed by atoms with E-state index in [1.54, 1.807) is 31.2 Å². The van der Waals surface area contributed by atoms with Crippen LogP contribution < -0.4 is 15.2 Å². The third-order valence-electron chi connectivity index (χ3n) is 4.95. The molecule has 2 aromatic carbocycles. The SMILES string of the molecule is Cc1c(Cl)cccc1S(=O)(=O)Nc1c(N2CCCC2)c2ccccc2oc1=O. The summed E-state index contributed by atoms with van der Waals surface area (Å²) in [5.41, 5.74) is 0.622. The second kappa shape index (κ2) is 7.14. The molecule has 0 spiro atoms. The number of nitrogens with zero attached hydrogens (tertiary/aromatic N) is 1. The molecular weight excluding hydrogens is 400 g/mol. The molecule has 1 N–H and O–H groups in total. The number of hydrogen-bond donors (Lipinski definition) is 1. The van der Waals surface area contributed by atoms with E-state index < -0.39 is 15.6 Å². The lowest BCUT2D eigenvalue weighted by Gasteiger charge is -2.23. The van der Waals surface area contributed by atoms with Crippen LogP contribution >= 0.6 is 11.6 Å². The summed E-state index contributed by atoms with van der Waals surface area (Å²) in [4.78, 5) is 14.8. The minimum atomic E-state index is -4.03. The van der Waals surface area contributed by atoms with Crippen LogP contribution in [0.2, 0.25) is 5.02 Å². The first-order valence-electron chi connectivity index (χ1n) is 8.97. The van der Waals surface area contributed by atoms with Gasteiger partial charge in [0.15, 0.2) is 5.69 Å². The van der Waals surface area contributed by atoms with Gasteiger partial charge >= 0.3 is 5.63 Å². The highest BCUT2D eigenvalue weighted by atomic mass is 35.5. The highest BCUT2D eigenvalue weighted by Gasteiger charge is 2.27. The average molecular weight is 419 g/mol. The van der Waals surface area contributed by atoms with E-state index in [1.807, 2.05) is 17.0 Å². The van der Waals surface area contributed by atoms with Crippen molar-refractivity contribution in [3.63, 3.8) is 0 Å². The fourth-order valence-electron chi connectivity index (χ4n) is 3.56. The Morgan fingerprint density at radius 1 is 1.07 bits per heavy atom. The zero-order chi connectivity index (χ0) is 19.9. The lowest BCUT2D eigenvalue weighted by Crippen LogP contribution is -2.26. The third-order valence-corrected chi connectivity index (χ3v) is 6.86. The molecule has 8 heteroatoms. The van der Waals surface area contributed by atoms with Crippen molar-refractivity contribution in [1.29, 1.82) is 0 Å². The maximum Gasteiger partial charge on any atom is 0.363 e. The van der Waals surface area contributed by atoms with Crippen molar-refractivity contribution in [2.45, 2.75) is 24.7 Å². The van der Waals surface area contributed by atoms with Gasteiger partial charge in [0.25, 0.3) is 10.0 Å². The van der Waals surface area contributed by atoms with Crippen LogP contribution in [0.5, 0.6) is 0 Å². The number of nitrogens with one attached hydrogen (secondary N) is 1. The van der Waals surface area contributed by atoms with Gasteiger partial charge in [0.05, 0.1) is 10.6 Å². The first-order chi connectivity index (χ1) is 13.4. The van der Waals surface area contributed by atoms with Crippen molar-refractivity contribution >= 4 is 44.0 Å². The molecule has 3 aromatic rings. The third kappa shape index (κ3) is 3.25. The predicted octanol–water partition coefficient (Wildman–Crippen LogP) is 4.16. The van der Waals surface area contributed by atoms with Crippen molar-refractivity contribution < 1.29 is 12.8 Å². The Labute approximate surface area is 167 Å². The average Bonchev–Trinajstić information content (AvgIpc) is 3.18. The normalized spacial score (nSPS) is 14.6. The summed E-state index contributed by atoms with van der Waals surface area (Å²) >= 11 is 6.09. The molecule has 28 heavy (non-hydrogen) atoms. The van der Waals surface area contributed by atoms with Crippen LogP contribution in [0.15, 0.2) is 56.6 Å². The van der Waals surface area contributed by atoms with Gasteiger partial charge in [-0.25, -0.2) is 13.2 Å². The van der Waals surface area contributed by atoms with Gasteiger partial charge in [-0.05, 0) is 49.6 Å². The molecule has 0 saturated carbocycles. The van der Waals surface area contributed by atoms with Gasteiger partial charge in [-0.1, -0.05) is 29.8 Å². The Morgan fingerprint density at radius 3 is 2.54 bits per heavy atom. The van der Waals surface area contributed by atoms with Gasteiger partial charge < -0.3 is 9.32 Å². The van der Waals surface area contributed by atoms with Crippen LogP contribution in [0.4, 0.5) is 11.4 Å². The molecule has 0 amide bonds. The van der Waals surface area contributed by atoms with Gasteiger partial charge in [0, 0.05) is 23.5 Å². The van der Waals surface area contributed by atoms with Crippen molar-refractivity contribution in [1.82, 2.24) is 0 Å². The van der Waals surface area contributed by atoms with E-state index in [0.29, 0.717) is 27.2 Å². The highest BCUT2D eigenvalue weighted by molar-refractivity contribution is 7.92. The Hall–Kier alpha value is -2.51. The monoisotopic (exact) mass is 418 g/mol. The molecule has 0 unspecified atom stereocenters. The molecule has 1 aliphatic rings. The molecule has 146 valence electrons. The molecule has 0 aliphatic carbocycles. The summed E-state index contributed by atoms with van der Waals surface area (Å²) in [6.45, 7) is 3.12. The summed E-state index contributed by atoms with van der Waals surface area (Å²) < 4.78 is 34.0. The fraction of sp³-hybridized carbons (Fsp3) is 0.250. The zero-order valence-corrected chi connectivity index (χ0v) is 16.8. The van der Waals surface area contributed by atoms with Gasteiger partial charge in [-0.2, -0.15) is 0 Å². The zero-order valence-electron chi connectivity index (χ0n) is 15.2. The van der Waals surface area contributed by atoms with E-state index in [2.05, 4.69) is 4.72 Å². The second-order valence-corrected chi connectivity index (χ2v) is 8.83. The minimum Gasteiger partial charge on any atom is -0.421 e. The topological polar surface area (TPSA) is 79.6 Å². The lowest BCUT2D eigenvalue weighted by molar-refractivity contribution is 0.562. The molecule has 1 saturated heterocycles. The Balaban J connectivity index is 1.91. The van der Waals surface area contributed by atoms with E-state index in [-0.39, 0.29) is 10.6 Å². The van der Waals surface area contributed by atoms with Crippen LogP contribution in [0.25, 0.3) is 11.0 Å². The highest BCUT2D eigenvalue weighted by Crippen LogP contribution is 2.35. The maximum atomic E-state index is 13.1. The number of rotatable bonds is 4. The maximum absolute atomic E-state index is 13.1. The Kier molecular flexibility index (Phi) is 4.81. The van der Waals surface area contributed by atoms with Gasteiger partial charge in [0.1, 0.15) is 5.58 Å². The van der Waals surface area contributed by atoms with E-state index in [9.17, 15) is 13.2 Å². The molecule has 1 aromatic heterocycles. The molecule has 4 rings (SSSR count). The molecular formula is C20H19ClN2O4S. The predicted molar refractivity (Wildman–Crippen MR) is 111 cm³/mol. The van der Waals surface area contributed by atoms with E-state index in [1.165, 1.54) is 6.07 Å². The molecule has 0 atom stereocenters. The van der Waals surface area contributed by atoms with Gasteiger partial charge in [-0.3, -0.25) is 4.72 Å². The van der Waals surface area contributed by atoms with Crippen molar-refractivity contribution in [2.75, 3.05) is 22.7 Å². The van der Waals surface area contributed by atoms with Crippen molar-refractivity contribution in [3.8, 4) is 0 Å². The standard InChI is InChI=1S/C20H19ClN2O4S/c1-13-15(21)8-6-10-17(13)28(25,26)22-18-19(23-11-4-5-12-23)14-7-2-3-9-16(14)27-20(18)24/h2-3,6-10,22H,4-5,11-12H2,1H3. The number of fused-ring (bicyclic) bond motifs is 1. The number of sulfonamides is 1. The number of benzene rings is 2. The number of anilines is 2. The molecule has 2 heterocycles. The van der Waals surface area contributed by atoms with Crippen LogP contribution in [0.3, 0.4) is 0 Å². The van der Waals surface area contributed by atoms with E-state index in [0.717, 1.165) is 25.9 Å². The van der Waals surface area contributed by atoms with Crippen LogP contribution in [0.1, 0.15) is 18.4 Å². The van der Waals surface area contributed by atoms with Gasteiger partial charge in [-0.15, -0.1) is 0 Å². The lowest BCUT2D eigenvalue weighted by atomic mass is 10.1. The summed E-state index contributed by atoms with van der Waals surface area (Å²) in [6.07, 6.45) is 1.96. The van der Waals surface area contributed by atoms with Crippen molar-refractivity contribution in [2.24, 2.45) is 0 Å². The van der Waals surface area contributed by atoms with Gasteiger partial charge in [0.2, 0.25) is 0 Å². The van der Waals surface area contributed by atoms with Crippen molar-refractivity contribution in [3.05, 3.63) is 63.5 Å².